The van der Waals surface area contributed by atoms with E-state index in [-0.39, 0.29) is 17.1 Å². The lowest BCUT2D eigenvalue weighted by Gasteiger charge is -2.46. The number of piperidine rings is 2. The number of para-hydroxylation sites is 2. The van der Waals surface area contributed by atoms with Gasteiger partial charge in [0.25, 0.3) is 0 Å². The van der Waals surface area contributed by atoms with Crippen molar-refractivity contribution in [3.63, 3.8) is 0 Å². The molecule has 4 heterocycles. The number of carbonyl (C=O) groups is 2. The van der Waals surface area contributed by atoms with E-state index in [2.05, 4.69) is 52.0 Å². The highest BCUT2D eigenvalue weighted by atomic mass is 19.1. The number of aromatic nitrogens is 2. The summed E-state index contributed by atoms with van der Waals surface area (Å²) < 4.78 is 22.5. The van der Waals surface area contributed by atoms with Crippen molar-refractivity contribution in [2.75, 3.05) is 19.6 Å². The van der Waals surface area contributed by atoms with Crippen molar-refractivity contribution >= 4 is 23.0 Å². The fourth-order valence-corrected chi connectivity index (χ4v) is 8.44. The van der Waals surface area contributed by atoms with Gasteiger partial charge in [-0.05, 0) is 128 Å². The highest BCUT2D eigenvalue weighted by Gasteiger charge is 2.45. The molecule has 2 amide bonds. The zero-order chi connectivity index (χ0) is 32.9. The van der Waals surface area contributed by atoms with Crippen LogP contribution < -0.4 is 5.32 Å². The molecule has 1 aromatic heterocycles. The number of nitrogens with zero attached hydrogens (tertiary/aromatic N) is 4. The molecule has 2 bridgehead atoms. The van der Waals surface area contributed by atoms with Gasteiger partial charge < -0.3 is 19.5 Å². The van der Waals surface area contributed by atoms with Crippen LogP contribution in [0.3, 0.4) is 0 Å². The van der Waals surface area contributed by atoms with Crippen LogP contribution >= 0.6 is 0 Å². The van der Waals surface area contributed by atoms with Crippen LogP contribution in [-0.2, 0) is 14.9 Å². The summed E-state index contributed by atoms with van der Waals surface area (Å²) in [6, 6.07) is 17.0. The first-order chi connectivity index (χ1) is 21.7. The number of nitrogens with one attached hydrogen (secondary N) is 1. The van der Waals surface area contributed by atoms with Crippen LogP contribution in [0.5, 0.6) is 0 Å². The van der Waals surface area contributed by atoms with Crippen molar-refractivity contribution in [2.24, 2.45) is 0 Å². The minimum Gasteiger partial charge on any atom is -0.444 e. The summed E-state index contributed by atoms with van der Waals surface area (Å²) in [5.41, 5.74) is 1.34. The molecule has 3 aliphatic heterocycles. The Morgan fingerprint density at radius 1 is 0.978 bits per heavy atom. The van der Waals surface area contributed by atoms with Crippen LogP contribution in [0.1, 0.15) is 97.0 Å². The van der Waals surface area contributed by atoms with E-state index in [1.807, 2.05) is 11.0 Å². The second-order valence-corrected chi connectivity index (χ2v) is 15.4. The Balaban J connectivity index is 1.14. The number of hydrogen-bond acceptors (Lipinski definition) is 5. The van der Waals surface area contributed by atoms with Gasteiger partial charge in [-0.3, -0.25) is 9.69 Å². The number of rotatable bonds is 7. The summed E-state index contributed by atoms with van der Waals surface area (Å²) in [4.78, 5) is 35.6. The number of carbonyl (C=O) groups excluding carboxylic acids is 2. The third kappa shape index (κ3) is 6.53. The number of likely N-dealkylation sites (tertiary alicyclic amines) is 1. The third-order valence-electron chi connectivity index (χ3n) is 10.6. The highest BCUT2D eigenvalue weighted by molar-refractivity contribution is 5.89. The molecule has 1 N–H and O–H groups in total. The Labute approximate surface area is 272 Å². The summed E-state index contributed by atoms with van der Waals surface area (Å²) in [5.74, 6) is 0.741. The van der Waals surface area contributed by atoms with Crippen LogP contribution in [0.25, 0.3) is 11.0 Å². The zero-order valence-electron chi connectivity index (χ0n) is 28.3. The smallest absolute Gasteiger partial charge is 0.408 e. The van der Waals surface area contributed by atoms with Gasteiger partial charge in [0.1, 0.15) is 22.8 Å². The van der Waals surface area contributed by atoms with E-state index in [1.165, 1.54) is 24.4 Å². The normalized spacial score (nSPS) is 23.5. The molecule has 46 heavy (non-hydrogen) atoms. The minimum absolute atomic E-state index is 0.131. The zero-order valence-corrected chi connectivity index (χ0v) is 28.3. The van der Waals surface area contributed by atoms with Gasteiger partial charge >= 0.3 is 6.09 Å². The Morgan fingerprint density at radius 2 is 1.65 bits per heavy atom. The molecule has 0 aliphatic carbocycles. The van der Waals surface area contributed by atoms with E-state index in [0.717, 1.165) is 55.6 Å². The lowest BCUT2D eigenvalue weighted by atomic mass is 9.70. The van der Waals surface area contributed by atoms with Gasteiger partial charge in [-0.25, -0.2) is 14.2 Å². The van der Waals surface area contributed by atoms with Crippen LogP contribution in [0, 0.1) is 12.7 Å². The van der Waals surface area contributed by atoms with E-state index in [1.54, 1.807) is 40.7 Å². The van der Waals surface area contributed by atoms with Crippen LogP contribution in [0.15, 0.2) is 48.5 Å². The van der Waals surface area contributed by atoms with Crippen LogP contribution in [0.4, 0.5) is 9.18 Å². The van der Waals surface area contributed by atoms with Crippen LogP contribution in [0.2, 0.25) is 0 Å². The van der Waals surface area contributed by atoms with E-state index >= 15 is 0 Å². The first-order valence-electron chi connectivity index (χ1n) is 17.0. The minimum atomic E-state index is -1.11. The molecule has 2 aromatic carbocycles. The van der Waals surface area contributed by atoms with Crippen molar-refractivity contribution in [1.29, 1.82) is 0 Å². The number of amides is 2. The molecule has 3 saturated heterocycles. The second-order valence-electron chi connectivity index (χ2n) is 15.4. The van der Waals surface area contributed by atoms with Gasteiger partial charge in [-0.2, -0.15) is 0 Å². The Morgan fingerprint density at radius 3 is 2.30 bits per heavy atom. The number of halogens is 1. The quantitative estimate of drug-likeness (QED) is 0.307. The van der Waals surface area contributed by atoms with E-state index in [0.29, 0.717) is 31.2 Å². The predicted molar refractivity (Wildman–Crippen MR) is 178 cm³/mol. The number of imidazole rings is 1. The average molecular weight is 632 g/mol. The maximum atomic E-state index is 14.6. The van der Waals surface area contributed by atoms with E-state index in [9.17, 15) is 14.0 Å². The van der Waals surface area contributed by atoms with Crippen molar-refractivity contribution < 1.29 is 18.7 Å². The largest absolute Gasteiger partial charge is 0.444 e. The number of hydrogen-bond donors (Lipinski definition) is 1. The monoisotopic (exact) mass is 631 g/mol. The number of ether oxygens (including phenoxy) is 1. The lowest BCUT2D eigenvalue weighted by molar-refractivity contribution is -0.138. The second kappa shape index (κ2) is 12.3. The molecular weight excluding hydrogens is 581 g/mol. The van der Waals surface area contributed by atoms with E-state index in [4.69, 9.17) is 9.72 Å². The molecular formula is C37H50FN5O3. The van der Waals surface area contributed by atoms with Crippen molar-refractivity contribution in [2.45, 2.75) is 121 Å². The Bertz CT molecular complexity index is 1570. The molecule has 0 radical (unpaired) electrons. The van der Waals surface area contributed by atoms with Crippen molar-refractivity contribution in [3.8, 4) is 0 Å². The molecule has 6 rings (SSSR count). The van der Waals surface area contributed by atoms with Gasteiger partial charge in [-0.15, -0.1) is 0 Å². The Hall–Kier alpha value is -3.46. The van der Waals surface area contributed by atoms with Crippen LogP contribution in [-0.4, -0.2) is 74.2 Å². The van der Waals surface area contributed by atoms with Gasteiger partial charge in [0, 0.05) is 31.2 Å². The molecule has 8 nitrogen and oxygen atoms in total. The maximum absolute atomic E-state index is 14.6. The molecule has 0 saturated carbocycles. The summed E-state index contributed by atoms with van der Waals surface area (Å²) in [5, 5.41) is 2.77. The summed E-state index contributed by atoms with van der Waals surface area (Å²) in [6.45, 7) is 13.0. The third-order valence-corrected chi connectivity index (χ3v) is 10.6. The molecule has 3 aromatic rings. The number of benzene rings is 2. The number of aryl methyl sites for hydroxylation is 1. The van der Waals surface area contributed by atoms with E-state index < -0.39 is 17.2 Å². The average Bonchev–Trinajstić information content (AvgIpc) is 3.45. The molecule has 0 unspecified atom stereocenters. The molecule has 0 spiro atoms. The maximum Gasteiger partial charge on any atom is 0.408 e. The molecule has 3 fully saturated rings. The molecule has 3 aliphatic rings. The Kier molecular flexibility index (Phi) is 8.68. The fourth-order valence-electron chi connectivity index (χ4n) is 8.44. The van der Waals surface area contributed by atoms with Gasteiger partial charge in [0.15, 0.2) is 0 Å². The molecule has 9 heteroatoms. The first-order valence-corrected chi connectivity index (χ1v) is 17.0. The summed E-state index contributed by atoms with van der Waals surface area (Å²) in [7, 11) is 0. The number of alkyl carbamates (subject to hydrolysis) is 1. The fraction of sp³-hybridized carbons (Fsp3) is 0.595. The van der Waals surface area contributed by atoms with Crippen molar-refractivity contribution in [1.82, 2.24) is 24.7 Å². The van der Waals surface area contributed by atoms with Crippen molar-refractivity contribution in [3.05, 3.63) is 65.7 Å². The van der Waals surface area contributed by atoms with Gasteiger partial charge in [-0.1, -0.05) is 24.3 Å². The standard InChI is InChI=1S/C37H50FN5O3/c1-25-39-31-12-7-8-13-32(31)43(25)30-23-28-14-15-29(24-30)42(28)21-18-37(26-10-9-11-27(38)22-26)16-19-41(20-17-37)33(44)36(5,6)40-34(45)46-35(2,3)4/h7-13,22,28-30H,14-21,23-24H2,1-6H3,(H,40,45)/t28-,29+,30+. The highest BCUT2D eigenvalue weighted by Crippen LogP contribution is 2.45. The summed E-state index contributed by atoms with van der Waals surface area (Å²) in [6.07, 6.45) is 6.46. The topological polar surface area (TPSA) is 79.7 Å². The lowest BCUT2D eigenvalue weighted by Crippen LogP contribution is -2.59. The first kappa shape index (κ1) is 32.5. The van der Waals surface area contributed by atoms with Gasteiger partial charge in [0.2, 0.25) is 5.91 Å². The van der Waals surface area contributed by atoms with Gasteiger partial charge in [0.05, 0.1) is 11.0 Å². The SMILES string of the molecule is Cc1nc2ccccc2n1[C@H]1C[C@H]2CC[C@@H](C1)N2CCC1(c2cccc(F)c2)CCN(C(=O)C(C)(C)NC(=O)OC(C)(C)C)CC1. The molecule has 3 atom stereocenters. The molecule has 248 valence electrons. The predicted octanol–water partition coefficient (Wildman–Crippen LogP) is 6.91. The summed E-state index contributed by atoms with van der Waals surface area (Å²) >= 11 is 0. The number of fused-ring (bicyclic) bond motifs is 3.